The van der Waals surface area contributed by atoms with Gasteiger partial charge in [-0.2, -0.15) is 0 Å². The lowest BCUT2D eigenvalue weighted by Crippen LogP contribution is -2.31. The minimum Gasteiger partial charge on any atom is -0.394 e. The number of fused-ring (bicyclic) bond motifs is 1. The van der Waals surface area contributed by atoms with Crippen LogP contribution >= 0.6 is 0 Å². The van der Waals surface area contributed by atoms with Crippen LogP contribution in [0.4, 0.5) is 10.2 Å². The molecule has 0 spiro atoms. The number of anilines is 1. The van der Waals surface area contributed by atoms with Gasteiger partial charge in [0.05, 0.1) is 19.0 Å². The normalized spacial score (nSPS) is 25.5. The van der Waals surface area contributed by atoms with Crippen molar-refractivity contribution >= 4 is 22.9 Å². The van der Waals surface area contributed by atoms with Gasteiger partial charge in [-0.15, -0.1) is 0 Å². The van der Waals surface area contributed by atoms with Gasteiger partial charge in [0.2, 0.25) is 0 Å². The van der Waals surface area contributed by atoms with E-state index in [1.165, 1.54) is 30.9 Å². The second kappa shape index (κ2) is 8.41. The molecule has 1 unspecified atom stereocenters. The van der Waals surface area contributed by atoms with Crippen LogP contribution < -0.4 is 5.32 Å². The topological polar surface area (TPSA) is 126 Å². The maximum Gasteiger partial charge on any atom is 0.254 e. The fraction of sp³-hybridized carbons (Fsp3) is 0.429. The Hall–Kier alpha value is -3.15. The highest BCUT2D eigenvalue weighted by Gasteiger charge is 2.36. The van der Waals surface area contributed by atoms with Crippen molar-refractivity contribution < 1.29 is 24.1 Å². The first kappa shape index (κ1) is 20.7. The summed E-state index contributed by atoms with van der Waals surface area (Å²) in [6, 6.07) is 5.63. The number of aliphatic hydroxyl groups excluding tert-OH is 2. The highest BCUT2D eigenvalue weighted by Crippen LogP contribution is 2.32. The second-order valence-corrected chi connectivity index (χ2v) is 8.07. The Kier molecular flexibility index (Phi) is 5.45. The molecule has 2 aromatic heterocycles. The summed E-state index contributed by atoms with van der Waals surface area (Å²) in [5.74, 6) is -0.132. The molecule has 10 nitrogen and oxygen atoms in total. The molecule has 2 aliphatic heterocycles. The molecule has 0 aliphatic carbocycles. The van der Waals surface area contributed by atoms with Crippen LogP contribution in [0.3, 0.4) is 0 Å². The van der Waals surface area contributed by atoms with Gasteiger partial charge in [-0.05, 0) is 24.6 Å². The highest BCUT2D eigenvalue weighted by atomic mass is 19.1. The number of hydrogen-bond acceptors (Lipinski definition) is 8. The number of carbonyl (C=O) groups is 1. The van der Waals surface area contributed by atoms with Crippen molar-refractivity contribution in [1.29, 1.82) is 0 Å². The molecule has 2 fully saturated rings. The van der Waals surface area contributed by atoms with Crippen LogP contribution in [0, 0.1) is 5.82 Å². The van der Waals surface area contributed by atoms with E-state index in [2.05, 4.69) is 20.3 Å². The molecular weight excluding hydrogens is 419 g/mol. The van der Waals surface area contributed by atoms with E-state index in [0.29, 0.717) is 48.5 Å². The van der Waals surface area contributed by atoms with Crippen LogP contribution in [-0.2, 0) is 4.74 Å². The number of imidazole rings is 1. The number of likely N-dealkylation sites (tertiary alicyclic amines) is 1. The summed E-state index contributed by atoms with van der Waals surface area (Å²) in [4.78, 5) is 27.4. The first-order valence-corrected chi connectivity index (χ1v) is 10.5. The average Bonchev–Trinajstić information content (AvgIpc) is 3.52. The Morgan fingerprint density at radius 3 is 2.97 bits per heavy atom. The first-order valence-electron chi connectivity index (χ1n) is 10.5. The number of aliphatic hydroxyl groups is 2. The zero-order valence-corrected chi connectivity index (χ0v) is 17.1. The third kappa shape index (κ3) is 3.78. The maximum atomic E-state index is 13.5. The molecule has 5 rings (SSSR count). The third-order valence-corrected chi connectivity index (χ3v) is 5.89. The largest absolute Gasteiger partial charge is 0.394 e. The number of rotatable bonds is 5. The van der Waals surface area contributed by atoms with E-state index < -0.39 is 24.3 Å². The fourth-order valence-electron chi connectivity index (χ4n) is 4.30. The van der Waals surface area contributed by atoms with Gasteiger partial charge in [0, 0.05) is 31.1 Å². The lowest BCUT2D eigenvalue weighted by molar-refractivity contribution is -0.0486. The number of ether oxygens (including phenoxy) is 1. The number of nitrogens with one attached hydrogen (secondary N) is 1. The molecule has 3 aromatic rings. The Morgan fingerprint density at radius 1 is 1.31 bits per heavy atom. The Balaban J connectivity index is 1.31. The van der Waals surface area contributed by atoms with Gasteiger partial charge in [0.1, 0.15) is 18.2 Å². The average molecular weight is 442 g/mol. The van der Waals surface area contributed by atoms with Gasteiger partial charge in [-0.3, -0.25) is 9.36 Å². The predicted molar refractivity (Wildman–Crippen MR) is 111 cm³/mol. The monoisotopic (exact) mass is 442 g/mol. The van der Waals surface area contributed by atoms with Crippen LogP contribution in [0.25, 0.3) is 11.2 Å². The van der Waals surface area contributed by atoms with Crippen LogP contribution in [0.2, 0.25) is 0 Å². The number of benzene rings is 1. The second-order valence-electron chi connectivity index (χ2n) is 8.07. The molecule has 11 heteroatoms. The summed E-state index contributed by atoms with van der Waals surface area (Å²) in [7, 11) is 0. The summed E-state index contributed by atoms with van der Waals surface area (Å²) in [6.07, 6.45) is 2.06. The molecule has 0 bridgehead atoms. The Labute approximate surface area is 182 Å². The van der Waals surface area contributed by atoms with Gasteiger partial charge in [-0.1, -0.05) is 6.07 Å². The van der Waals surface area contributed by atoms with Gasteiger partial charge >= 0.3 is 0 Å². The van der Waals surface area contributed by atoms with E-state index in [0.717, 1.165) is 0 Å². The van der Waals surface area contributed by atoms with E-state index in [4.69, 9.17) is 4.74 Å². The van der Waals surface area contributed by atoms with Crippen molar-refractivity contribution in [3.8, 4) is 0 Å². The molecule has 2 saturated heterocycles. The third-order valence-electron chi connectivity index (χ3n) is 5.89. The zero-order valence-electron chi connectivity index (χ0n) is 17.1. The SMILES string of the molecule is O=C(c1cccc(F)c1)N1CCC(Nc2ncnc3c2ncn3[C@@H]2O[C@H](CO)C[C@H]2O)C1. The summed E-state index contributed by atoms with van der Waals surface area (Å²) in [6.45, 7) is 0.818. The lowest BCUT2D eigenvalue weighted by Gasteiger charge is -2.18. The number of aromatic nitrogens is 4. The van der Waals surface area contributed by atoms with Crippen molar-refractivity contribution in [2.45, 2.75) is 37.3 Å². The maximum absolute atomic E-state index is 13.5. The van der Waals surface area contributed by atoms with Crippen LogP contribution in [0.1, 0.15) is 29.4 Å². The molecule has 4 heterocycles. The summed E-state index contributed by atoms with van der Waals surface area (Å²) < 4.78 is 20.8. The molecular formula is C21H23FN6O4. The molecule has 0 radical (unpaired) electrons. The quantitative estimate of drug-likeness (QED) is 0.533. The number of amides is 1. The molecule has 1 aromatic carbocycles. The minimum atomic E-state index is -0.784. The molecule has 1 amide bonds. The van der Waals surface area contributed by atoms with Gasteiger partial charge in [0.25, 0.3) is 5.91 Å². The Bertz CT molecular complexity index is 1140. The zero-order chi connectivity index (χ0) is 22.2. The van der Waals surface area contributed by atoms with Crippen LogP contribution in [0.15, 0.2) is 36.9 Å². The molecule has 168 valence electrons. The fourth-order valence-corrected chi connectivity index (χ4v) is 4.30. The number of nitrogens with zero attached hydrogens (tertiary/aromatic N) is 5. The van der Waals surface area contributed by atoms with Crippen molar-refractivity contribution in [3.63, 3.8) is 0 Å². The number of halogens is 1. The highest BCUT2D eigenvalue weighted by molar-refractivity contribution is 5.94. The number of hydrogen-bond donors (Lipinski definition) is 3. The minimum absolute atomic E-state index is 0.0529. The molecule has 32 heavy (non-hydrogen) atoms. The van der Waals surface area contributed by atoms with E-state index in [1.807, 2.05) is 0 Å². The smallest absolute Gasteiger partial charge is 0.254 e. The lowest BCUT2D eigenvalue weighted by atomic mass is 10.2. The molecule has 2 aliphatic rings. The van der Waals surface area contributed by atoms with Gasteiger partial charge < -0.3 is 25.2 Å². The van der Waals surface area contributed by atoms with Gasteiger partial charge in [-0.25, -0.2) is 19.3 Å². The van der Waals surface area contributed by atoms with Crippen LogP contribution in [0.5, 0.6) is 0 Å². The van der Waals surface area contributed by atoms with E-state index in [-0.39, 0.29) is 18.6 Å². The van der Waals surface area contributed by atoms with Crippen LogP contribution in [-0.4, -0.2) is 78.5 Å². The molecule has 4 atom stereocenters. The standard InChI is InChI=1S/C21H23FN6O4/c22-13-3-1-2-12(6-13)20(31)27-5-4-14(8-27)26-18-17-19(24-10-23-18)28(11-25-17)21-16(30)7-15(9-29)32-21/h1-3,6,10-11,14-16,21,29-30H,4-5,7-9H2,(H,23,24,26)/t14?,15-,16+,21+/m0/s1. The van der Waals surface area contributed by atoms with Crippen molar-refractivity contribution in [2.24, 2.45) is 0 Å². The summed E-state index contributed by atoms with van der Waals surface area (Å²) >= 11 is 0. The first-order chi connectivity index (χ1) is 15.5. The predicted octanol–water partition coefficient (Wildman–Crippen LogP) is 0.933. The molecule has 3 N–H and O–H groups in total. The van der Waals surface area contributed by atoms with E-state index >= 15 is 0 Å². The molecule has 0 saturated carbocycles. The number of carbonyl (C=O) groups excluding carboxylic acids is 1. The summed E-state index contributed by atoms with van der Waals surface area (Å²) in [5, 5.41) is 23.0. The van der Waals surface area contributed by atoms with E-state index in [1.54, 1.807) is 15.5 Å². The van der Waals surface area contributed by atoms with E-state index in [9.17, 15) is 19.4 Å². The van der Waals surface area contributed by atoms with Crippen molar-refractivity contribution in [2.75, 3.05) is 25.0 Å². The Morgan fingerprint density at radius 2 is 2.19 bits per heavy atom. The van der Waals surface area contributed by atoms with Crippen molar-refractivity contribution in [3.05, 3.63) is 48.3 Å². The van der Waals surface area contributed by atoms with Gasteiger partial charge in [0.15, 0.2) is 23.2 Å². The summed E-state index contributed by atoms with van der Waals surface area (Å²) in [5.41, 5.74) is 1.34. The van der Waals surface area contributed by atoms with Crippen molar-refractivity contribution in [1.82, 2.24) is 24.4 Å².